The number of halogens is 2. The maximum atomic E-state index is 12.0. The first-order chi connectivity index (χ1) is 11.6. The number of rotatable bonds is 7. The van der Waals surface area contributed by atoms with E-state index in [1.54, 1.807) is 12.1 Å². The molecule has 2 N–H and O–H groups in total. The van der Waals surface area contributed by atoms with Gasteiger partial charge in [-0.05, 0) is 44.0 Å². The summed E-state index contributed by atoms with van der Waals surface area (Å²) in [5, 5.41) is 6.92. The van der Waals surface area contributed by atoms with Crippen LogP contribution < -0.4 is 10.6 Å². The van der Waals surface area contributed by atoms with Crippen molar-refractivity contribution in [2.24, 2.45) is 0 Å². The highest BCUT2D eigenvalue weighted by molar-refractivity contribution is 6.35. The van der Waals surface area contributed by atoms with Gasteiger partial charge in [-0.3, -0.25) is 4.90 Å². The summed E-state index contributed by atoms with van der Waals surface area (Å²) in [4.78, 5) is 14.3. The largest absolute Gasteiger partial charge is 0.379 e. The Kier molecular flexibility index (Phi) is 8.12. The third-order valence-electron chi connectivity index (χ3n) is 4.07. The molecule has 1 aliphatic heterocycles. The van der Waals surface area contributed by atoms with Gasteiger partial charge >= 0.3 is 6.03 Å². The summed E-state index contributed by atoms with van der Waals surface area (Å²) >= 11 is 12.0. The van der Waals surface area contributed by atoms with Crippen LogP contribution in [-0.4, -0.2) is 50.3 Å². The van der Waals surface area contributed by atoms with Crippen molar-refractivity contribution in [2.75, 3.05) is 39.4 Å². The summed E-state index contributed by atoms with van der Waals surface area (Å²) < 4.78 is 5.32. The van der Waals surface area contributed by atoms with Gasteiger partial charge in [-0.25, -0.2) is 4.79 Å². The van der Waals surface area contributed by atoms with E-state index in [1.807, 2.05) is 13.0 Å². The number of hydrogen-bond donors (Lipinski definition) is 2. The summed E-state index contributed by atoms with van der Waals surface area (Å²) in [6.45, 7) is 7.28. The van der Waals surface area contributed by atoms with Gasteiger partial charge in [-0.15, -0.1) is 0 Å². The van der Waals surface area contributed by atoms with Crippen LogP contribution in [0.25, 0.3) is 0 Å². The van der Waals surface area contributed by atoms with Crippen molar-refractivity contribution in [1.82, 2.24) is 15.5 Å². The number of morpholine rings is 1. The third-order valence-corrected chi connectivity index (χ3v) is 4.63. The van der Waals surface area contributed by atoms with E-state index in [1.165, 1.54) is 0 Å². The molecule has 0 bridgehead atoms. The molecule has 0 aromatic heterocycles. The second-order valence-electron chi connectivity index (χ2n) is 5.95. The fourth-order valence-corrected chi connectivity index (χ4v) is 3.24. The summed E-state index contributed by atoms with van der Waals surface area (Å²) in [5.41, 5.74) is 0.850. The second kappa shape index (κ2) is 10.1. The van der Waals surface area contributed by atoms with E-state index < -0.39 is 0 Å². The molecule has 1 aliphatic rings. The lowest BCUT2D eigenvalue weighted by atomic mass is 10.1. The lowest BCUT2D eigenvalue weighted by molar-refractivity contribution is 0.0372. The highest BCUT2D eigenvalue weighted by Crippen LogP contribution is 2.25. The predicted octanol–water partition coefficient (Wildman–Crippen LogP) is 3.47. The van der Waals surface area contributed by atoms with Crippen LogP contribution in [0, 0.1) is 0 Å². The van der Waals surface area contributed by atoms with Crippen LogP contribution in [-0.2, 0) is 4.74 Å². The van der Waals surface area contributed by atoms with Crippen LogP contribution in [0.1, 0.15) is 31.4 Å². The number of carbonyl (C=O) groups is 1. The minimum atomic E-state index is -0.181. The van der Waals surface area contributed by atoms with E-state index in [-0.39, 0.29) is 12.1 Å². The lowest BCUT2D eigenvalue weighted by Gasteiger charge is -2.26. The van der Waals surface area contributed by atoms with Crippen LogP contribution in [0.5, 0.6) is 0 Å². The molecule has 1 atom stereocenters. The maximum Gasteiger partial charge on any atom is 0.315 e. The Morgan fingerprint density at radius 1 is 1.29 bits per heavy atom. The zero-order valence-corrected chi connectivity index (χ0v) is 15.5. The topological polar surface area (TPSA) is 53.6 Å². The molecule has 0 spiro atoms. The maximum absolute atomic E-state index is 12.0. The molecule has 1 aromatic rings. The van der Waals surface area contributed by atoms with Crippen LogP contribution in [0.3, 0.4) is 0 Å². The molecule has 134 valence electrons. The van der Waals surface area contributed by atoms with Gasteiger partial charge < -0.3 is 15.4 Å². The first-order valence-electron chi connectivity index (χ1n) is 8.35. The number of nitrogens with one attached hydrogen (secondary N) is 2. The minimum Gasteiger partial charge on any atom is -0.379 e. The molecule has 1 saturated heterocycles. The van der Waals surface area contributed by atoms with Crippen molar-refractivity contribution in [2.45, 2.75) is 25.8 Å². The first kappa shape index (κ1) is 19.3. The van der Waals surface area contributed by atoms with E-state index in [0.717, 1.165) is 51.3 Å². The zero-order chi connectivity index (χ0) is 17.4. The third kappa shape index (κ3) is 6.48. The van der Waals surface area contributed by atoms with E-state index >= 15 is 0 Å². The van der Waals surface area contributed by atoms with Crippen LogP contribution in [0.2, 0.25) is 10.0 Å². The van der Waals surface area contributed by atoms with E-state index in [0.29, 0.717) is 16.6 Å². The van der Waals surface area contributed by atoms with E-state index in [2.05, 4.69) is 15.5 Å². The average molecular weight is 374 g/mol. The van der Waals surface area contributed by atoms with Gasteiger partial charge in [0.15, 0.2) is 0 Å². The first-order valence-corrected chi connectivity index (χ1v) is 9.11. The predicted molar refractivity (Wildman–Crippen MR) is 97.9 cm³/mol. The van der Waals surface area contributed by atoms with Gasteiger partial charge in [0, 0.05) is 29.7 Å². The number of ether oxygens (including phenoxy) is 1. The van der Waals surface area contributed by atoms with Crippen molar-refractivity contribution < 1.29 is 9.53 Å². The number of amides is 2. The quantitative estimate of drug-likeness (QED) is 0.719. The molecule has 1 fully saturated rings. The summed E-state index contributed by atoms with van der Waals surface area (Å²) in [5.74, 6) is 0. The number of carbonyl (C=O) groups excluding carboxylic acids is 1. The normalized spacial score (nSPS) is 16.6. The summed E-state index contributed by atoms with van der Waals surface area (Å²) in [7, 11) is 0. The van der Waals surface area contributed by atoms with Gasteiger partial charge in [-0.1, -0.05) is 29.3 Å². The van der Waals surface area contributed by atoms with Crippen LogP contribution >= 0.6 is 23.2 Å². The molecule has 2 rings (SSSR count). The number of hydrogen-bond acceptors (Lipinski definition) is 3. The molecule has 0 saturated carbocycles. The lowest BCUT2D eigenvalue weighted by Crippen LogP contribution is -2.38. The molecule has 7 heteroatoms. The van der Waals surface area contributed by atoms with E-state index in [9.17, 15) is 4.79 Å². The highest BCUT2D eigenvalue weighted by Gasteiger charge is 2.13. The molecule has 1 unspecified atom stereocenters. The number of unbranched alkanes of at least 4 members (excludes halogenated alkanes) is 1. The summed E-state index contributed by atoms with van der Waals surface area (Å²) in [6, 6.07) is 4.92. The minimum absolute atomic E-state index is 0.178. The molecule has 1 aromatic carbocycles. The Hall–Kier alpha value is -1.01. The van der Waals surface area contributed by atoms with Crippen molar-refractivity contribution >= 4 is 29.2 Å². The Morgan fingerprint density at radius 2 is 2.04 bits per heavy atom. The SMILES string of the molecule is CC(NC(=O)NCCCCN1CCOCC1)c1ccc(Cl)cc1Cl. The molecular formula is C17H25Cl2N3O2. The van der Waals surface area contributed by atoms with E-state index in [4.69, 9.17) is 27.9 Å². The Morgan fingerprint density at radius 3 is 2.75 bits per heavy atom. The van der Waals surface area contributed by atoms with Gasteiger partial charge in [-0.2, -0.15) is 0 Å². The van der Waals surface area contributed by atoms with Crippen molar-refractivity contribution in [1.29, 1.82) is 0 Å². The number of urea groups is 1. The summed E-state index contributed by atoms with van der Waals surface area (Å²) in [6.07, 6.45) is 2.03. The average Bonchev–Trinajstić information content (AvgIpc) is 2.55. The van der Waals surface area contributed by atoms with Crippen molar-refractivity contribution in [3.63, 3.8) is 0 Å². The fraction of sp³-hybridized carbons (Fsp3) is 0.588. The molecule has 0 aliphatic carbocycles. The second-order valence-corrected chi connectivity index (χ2v) is 6.79. The Labute approximate surface area is 153 Å². The Balaban J connectivity index is 1.62. The number of benzene rings is 1. The van der Waals surface area contributed by atoms with Gasteiger partial charge in [0.25, 0.3) is 0 Å². The van der Waals surface area contributed by atoms with Gasteiger partial charge in [0.05, 0.1) is 19.3 Å². The zero-order valence-electron chi connectivity index (χ0n) is 14.0. The van der Waals surface area contributed by atoms with Gasteiger partial charge in [0.1, 0.15) is 0 Å². The standard InChI is InChI=1S/C17H25Cl2N3O2/c1-13(15-5-4-14(18)12-16(15)19)21-17(23)20-6-2-3-7-22-8-10-24-11-9-22/h4-5,12-13H,2-3,6-11H2,1H3,(H2,20,21,23). The van der Waals surface area contributed by atoms with Crippen molar-refractivity contribution in [3.8, 4) is 0 Å². The fourth-order valence-electron chi connectivity index (χ4n) is 2.67. The van der Waals surface area contributed by atoms with Gasteiger partial charge in [0.2, 0.25) is 0 Å². The molecule has 5 nitrogen and oxygen atoms in total. The molecular weight excluding hydrogens is 349 g/mol. The molecule has 1 heterocycles. The molecule has 0 radical (unpaired) electrons. The molecule has 2 amide bonds. The van der Waals surface area contributed by atoms with Crippen LogP contribution in [0.15, 0.2) is 18.2 Å². The van der Waals surface area contributed by atoms with Crippen LogP contribution in [0.4, 0.5) is 4.79 Å². The monoisotopic (exact) mass is 373 g/mol. The highest BCUT2D eigenvalue weighted by atomic mass is 35.5. The molecule has 24 heavy (non-hydrogen) atoms. The Bertz CT molecular complexity index is 537. The van der Waals surface area contributed by atoms with Crippen molar-refractivity contribution in [3.05, 3.63) is 33.8 Å². The number of nitrogens with zero attached hydrogens (tertiary/aromatic N) is 1. The smallest absolute Gasteiger partial charge is 0.315 e.